The molecular formula is C26H36BLiNO3. The van der Waals surface area contributed by atoms with Crippen molar-refractivity contribution in [1.82, 2.24) is 0 Å². The minimum atomic E-state index is -1.14. The smallest absolute Gasteiger partial charge is 0.118 e. The number of ether oxygens (including phenoxy) is 3. The number of methoxy groups -OCH3 is 3. The van der Waals surface area contributed by atoms with E-state index in [1.807, 2.05) is 36.4 Å². The molecule has 0 amide bonds. The number of hydrogen-bond donors (Lipinski definition) is 0. The van der Waals surface area contributed by atoms with Gasteiger partial charge < -0.3 is 18.7 Å². The summed E-state index contributed by atoms with van der Waals surface area (Å²) in [7, 11) is 13.6. The molecule has 3 aromatic rings. The van der Waals surface area contributed by atoms with Gasteiger partial charge in [0, 0.05) is 18.9 Å². The molecule has 0 fully saturated rings. The Hall–Kier alpha value is -2.32. The Kier molecular flexibility index (Phi) is 10.4. The van der Waals surface area contributed by atoms with E-state index in [1.54, 1.807) is 21.3 Å². The first-order valence-corrected chi connectivity index (χ1v) is 10.5. The molecule has 0 aromatic heterocycles. The number of nitrogens with zero attached hydrogens (tertiary/aromatic N) is 1. The number of benzene rings is 3. The normalized spacial score (nSPS) is 10.9. The summed E-state index contributed by atoms with van der Waals surface area (Å²) < 4.78 is 17.0. The SMILES string of the molecule is COc1ccc([B-](C)(c2ccc(OC)cc2)c2ccc(OC)cc2)cc1.C[N+](C)(C)C.[Li]. The Morgan fingerprint density at radius 2 is 0.688 bits per heavy atom. The molecule has 0 bridgehead atoms. The first-order valence-electron chi connectivity index (χ1n) is 10.5. The van der Waals surface area contributed by atoms with Gasteiger partial charge in [0.1, 0.15) is 17.2 Å². The zero-order valence-electron chi connectivity index (χ0n) is 21.2. The van der Waals surface area contributed by atoms with Crippen LogP contribution < -0.4 is 30.6 Å². The van der Waals surface area contributed by atoms with Crippen molar-refractivity contribution in [2.24, 2.45) is 0 Å². The van der Waals surface area contributed by atoms with E-state index >= 15 is 0 Å². The predicted octanol–water partition coefficient (Wildman–Crippen LogP) is 2.75. The fourth-order valence-corrected chi connectivity index (χ4v) is 3.54. The minimum Gasteiger partial charge on any atom is -0.497 e. The fourth-order valence-electron chi connectivity index (χ4n) is 3.54. The van der Waals surface area contributed by atoms with Crippen LogP contribution >= 0.6 is 0 Å². The summed E-state index contributed by atoms with van der Waals surface area (Å²) in [5, 5.41) is 0. The quantitative estimate of drug-likeness (QED) is 0.447. The Bertz CT molecular complexity index is 815. The molecule has 4 nitrogen and oxygen atoms in total. The monoisotopic (exact) mass is 428 g/mol. The molecular weight excluding hydrogens is 392 g/mol. The van der Waals surface area contributed by atoms with Crippen molar-refractivity contribution >= 4 is 41.4 Å². The molecule has 0 saturated carbocycles. The van der Waals surface area contributed by atoms with Crippen LogP contribution in [0.25, 0.3) is 0 Å². The molecule has 0 N–H and O–H groups in total. The summed E-state index contributed by atoms with van der Waals surface area (Å²) in [5.41, 5.74) is 3.75. The van der Waals surface area contributed by atoms with Crippen molar-refractivity contribution in [3.63, 3.8) is 0 Å². The topological polar surface area (TPSA) is 27.7 Å². The van der Waals surface area contributed by atoms with Crippen molar-refractivity contribution in [2.75, 3.05) is 49.5 Å². The van der Waals surface area contributed by atoms with E-state index in [9.17, 15) is 0 Å². The van der Waals surface area contributed by atoms with Gasteiger partial charge >= 0.3 is 0 Å². The maximum atomic E-state index is 5.33. The van der Waals surface area contributed by atoms with Crippen LogP contribution in [0, 0.1) is 0 Å². The van der Waals surface area contributed by atoms with Gasteiger partial charge in [0.15, 0.2) is 0 Å². The van der Waals surface area contributed by atoms with E-state index in [0.29, 0.717) is 0 Å². The minimum absolute atomic E-state index is 0. The average molecular weight is 428 g/mol. The third kappa shape index (κ3) is 7.38. The van der Waals surface area contributed by atoms with Crippen LogP contribution in [0.4, 0.5) is 0 Å². The molecule has 0 saturated heterocycles. The molecule has 0 atom stereocenters. The van der Waals surface area contributed by atoms with Crippen LogP contribution in [0.2, 0.25) is 6.82 Å². The van der Waals surface area contributed by atoms with Crippen LogP contribution in [0.3, 0.4) is 0 Å². The number of quaternary nitrogens is 1. The van der Waals surface area contributed by atoms with Gasteiger partial charge in [0.25, 0.3) is 0 Å². The average Bonchev–Trinajstić information content (AvgIpc) is 2.77. The van der Waals surface area contributed by atoms with Crippen LogP contribution in [0.5, 0.6) is 17.2 Å². The Morgan fingerprint density at radius 3 is 0.844 bits per heavy atom. The second-order valence-electron chi connectivity index (χ2n) is 9.30. The predicted molar refractivity (Wildman–Crippen MR) is 139 cm³/mol. The van der Waals surface area contributed by atoms with Crippen molar-refractivity contribution < 1.29 is 18.7 Å². The second-order valence-corrected chi connectivity index (χ2v) is 9.30. The molecule has 6 heteroatoms. The summed E-state index contributed by atoms with van der Waals surface area (Å²) in [6.07, 6.45) is -1.14. The molecule has 32 heavy (non-hydrogen) atoms. The van der Waals surface area contributed by atoms with Gasteiger partial charge in [-0.2, -0.15) is 23.2 Å². The van der Waals surface area contributed by atoms with E-state index in [-0.39, 0.29) is 18.9 Å². The summed E-state index contributed by atoms with van der Waals surface area (Å²) in [6, 6.07) is 25.0. The first-order chi connectivity index (χ1) is 14.6. The standard InChI is InChI=1S/C22H24BO3.C4H12N.Li/c1-23(17-5-11-20(24-2)12-6-17,18-7-13-21(25-3)14-8-18)19-9-15-22(26-4)16-10-19;1-5(2,3)4;/h5-16H,1-4H3;1-4H3;/q-1;+1;. The van der Waals surface area contributed by atoms with Gasteiger partial charge in [-0.3, -0.25) is 0 Å². The summed E-state index contributed by atoms with van der Waals surface area (Å²) in [6.45, 7) is 2.30. The molecule has 0 unspecified atom stereocenters. The molecule has 1 radical (unpaired) electrons. The van der Waals surface area contributed by atoms with Gasteiger partial charge in [-0.05, 0) is 36.4 Å². The number of hydrogen-bond acceptors (Lipinski definition) is 3. The van der Waals surface area contributed by atoms with Crippen molar-refractivity contribution in [3.05, 3.63) is 72.8 Å². The third-order valence-electron chi connectivity index (χ3n) is 5.35. The summed E-state index contributed by atoms with van der Waals surface area (Å²) in [4.78, 5) is 0. The van der Waals surface area contributed by atoms with Gasteiger partial charge in [0.05, 0.1) is 55.7 Å². The first kappa shape index (κ1) is 27.7. The van der Waals surface area contributed by atoms with E-state index in [0.717, 1.165) is 21.7 Å². The Morgan fingerprint density at radius 1 is 0.500 bits per heavy atom. The molecule has 167 valence electrons. The van der Waals surface area contributed by atoms with Crippen molar-refractivity contribution in [2.45, 2.75) is 6.82 Å². The van der Waals surface area contributed by atoms with E-state index in [2.05, 4.69) is 71.4 Å². The van der Waals surface area contributed by atoms with E-state index in [1.165, 1.54) is 16.4 Å². The van der Waals surface area contributed by atoms with Gasteiger partial charge in [-0.1, -0.05) is 36.4 Å². The fraction of sp³-hybridized carbons (Fsp3) is 0.308. The van der Waals surface area contributed by atoms with Crippen LogP contribution in [0.1, 0.15) is 0 Å². The summed E-state index contributed by atoms with van der Waals surface area (Å²) >= 11 is 0. The zero-order chi connectivity index (χ0) is 23.1. The van der Waals surface area contributed by atoms with Crippen molar-refractivity contribution in [3.8, 4) is 17.2 Å². The zero-order valence-corrected chi connectivity index (χ0v) is 21.2. The third-order valence-corrected chi connectivity index (χ3v) is 5.35. The van der Waals surface area contributed by atoms with Gasteiger partial charge in [0.2, 0.25) is 0 Å². The van der Waals surface area contributed by atoms with E-state index < -0.39 is 6.15 Å². The maximum absolute atomic E-state index is 5.33. The van der Waals surface area contributed by atoms with Crippen LogP contribution in [-0.2, 0) is 0 Å². The maximum Gasteiger partial charge on any atom is 0.118 e. The van der Waals surface area contributed by atoms with Crippen LogP contribution in [0.15, 0.2) is 72.8 Å². The molecule has 0 aliphatic rings. The largest absolute Gasteiger partial charge is 0.497 e. The second kappa shape index (κ2) is 12.1. The summed E-state index contributed by atoms with van der Waals surface area (Å²) in [5.74, 6) is 2.57. The number of rotatable bonds is 6. The molecule has 0 aliphatic carbocycles. The molecule has 3 aromatic carbocycles. The molecule has 0 aliphatic heterocycles. The molecule has 3 rings (SSSR count). The van der Waals surface area contributed by atoms with Gasteiger partial charge in [-0.15, -0.1) is 0 Å². The molecule has 0 heterocycles. The Balaban J connectivity index is 0.000000770. The Labute approximate surface area is 206 Å². The van der Waals surface area contributed by atoms with Crippen LogP contribution in [-0.4, -0.2) is 79.0 Å². The molecule has 0 spiro atoms. The van der Waals surface area contributed by atoms with Crippen molar-refractivity contribution in [1.29, 1.82) is 0 Å². The van der Waals surface area contributed by atoms with Gasteiger partial charge in [-0.25, -0.2) is 0 Å². The van der Waals surface area contributed by atoms with E-state index in [4.69, 9.17) is 14.2 Å².